The molecule has 1 atom stereocenters. The molecule has 0 bridgehead atoms. The molecule has 3 aromatic heterocycles. The van der Waals surface area contributed by atoms with E-state index in [0.717, 1.165) is 11.5 Å². The molecule has 6 rings (SSSR count). The number of pyridine rings is 1. The molecule has 0 aliphatic carbocycles. The Balaban J connectivity index is 1.49. The van der Waals surface area contributed by atoms with E-state index < -0.39 is 18.9 Å². The van der Waals surface area contributed by atoms with Crippen LogP contribution in [0.4, 0.5) is 17.6 Å². The lowest BCUT2D eigenvalue weighted by Crippen LogP contribution is -2.41. The number of aryl methyl sites for hydroxylation is 1. The summed E-state index contributed by atoms with van der Waals surface area (Å²) in [6, 6.07) is 6.45. The Hall–Kier alpha value is -3.80. The number of likely N-dealkylation sites (N-methyl/N-ethyl adjacent to an activating group) is 1. The molecule has 1 amide bonds. The molecule has 0 radical (unpaired) electrons. The van der Waals surface area contributed by atoms with Gasteiger partial charge in [-0.1, -0.05) is 12.1 Å². The van der Waals surface area contributed by atoms with Crippen molar-refractivity contribution >= 4 is 16.8 Å². The average Bonchev–Trinajstić information content (AvgIpc) is 3.54. The Morgan fingerprint density at radius 2 is 1.80 bits per heavy atom. The van der Waals surface area contributed by atoms with Gasteiger partial charge in [-0.05, 0) is 45.0 Å². The van der Waals surface area contributed by atoms with Crippen LogP contribution in [0.1, 0.15) is 55.2 Å². The highest BCUT2D eigenvalue weighted by atomic mass is 19.3. The average molecular weight is 570 g/mol. The van der Waals surface area contributed by atoms with Crippen molar-refractivity contribution in [2.24, 2.45) is 7.05 Å². The molecule has 2 aliphatic heterocycles. The summed E-state index contributed by atoms with van der Waals surface area (Å²) in [7, 11) is 3.46. The minimum atomic E-state index is -2.76. The number of carbonyl (C=O) groups excluding carboxylic acids is 1. The molecule has 1 saturated heterocycles. The van der Waals surface area contributed by atoms with E-state index in [1.54, 1.807) is 40.8 Å². The van der Waals surface area contributed by atoms with Crippen molar-refractivity contribution in [2.75, 3.05) is 26.7 Å². The van der Waals surface area contributed by atoms with Gasteiger partial charge in [0.25, 0.3) is 12.9 Å². The summed E-state index contributed by atoms with van der Waals surface area (Å²) in [5.74, 6) is 0.683. The zero-order valence-corrected chi connectivity index (χ0v) is 23.1. The van der Waals surface area contributed by atoms with Crippen molar-refractivity contribution in [1.29, 1.82) is 0 Å². The summed E-state index contributed by atoms with van der Waals surface area (Å²) in [5.41, 5.74) is 3.15. The van der Waals surface area contributed by atoms with Gasteiger partial charge in [-0.15, -0.1) is 0 Å². The van der Waals surface area contributed by atoms with Crippen LogP contribution in [0.5, 0.6) is 0 Å². The summed E-state index contributed by atoms with van der Waals surface area (Å²) in [5, 5.41) is 4.66. The highest BCUT2D eigenvalue weighted by Gasteiger charge is 2.37. The van der Waals surface area contributed by atoms with Crippen molar-refractivity contribution in [1.82, 2.24) is 34.1 Å². The van der Waals surface area contributed by atoms with E-state index in [-0.39, 0.29) is 29.6 Å². The van der Waals surface area contributed by atoms with E-state index in [0.29, 0.717) is 60.2 Å². The molecule has 0 N–H and O–H groups in total. The molecule has 4 aromatic rings. The van der Waals surface area contributed by atoms with Crippen molar-refractivity contribution in [3.05, 3.63) is 53.7 Å². The first kappa shape index (κ1) is 27.4. The molecule has 0 saturated carbocycles. The first-order valence-electron chi connectivity index (χ1n) is 13.7. The summed E-state index contributed by atoms with van der Waals surface area (Å²) in [6.07, 6.45) is -0.696. The largest absolute Gasteiger partial charge is 0.338 e. The first-order valence-corrected chi connectivity index (χ1v) is 13.7. The molecular formula is C29H31F4N7O. The van der Waals surface area contributed by atoms with Gasteiger partial charge in [-0.3, -0.25) is 14.4 Å². The zero-order valence-electron chi connectivity index (χ0n) is 23.1. The van der Waals surface area contributed by atoms with Gasteiger partial charge in [0.2, 0.25) is 5.91 Å². The van der Waals surface area contributed by atoms with Crippen LogP contribution in [-0.4, -0.2) is 73.1 Å². The standard InChI is InChI=1S/C29H31F4N7O/c1-16-29(41)37(2)14-23-26(36-28(40(16)23)17-7-9-39(10-8-17)15-24(30)31)19-5-4-6-22-20(19)11-21(27(32)33)25(35-22)18-12-34-38(3)13-18/h4-6,11-13,16-17,24,27H,7-10,14-15H2,1-3H3. The fourth-order valence-electron chi connectivity index (χ4n) is 6.23. The Morgan fingerprint density at radius 3 is 2.46 bits per heavy atom. The van der Waals surface area contributed by atoms with Gasteiger partial charge in [0.05, 0.1) is 41.9 Å². The molecular weight excluding hydrogens is 538 g/mol. The third-order valence-corrected chi connectivity index (χ3v) is 8.25. The lowest BCUT2D eigenvalue weighted by molar-refractivity contribution is -0.135. The third-order valence-electron chi connectivity index (χ3n) is 8.25. The maximum Gasteiger partial charge on any atom is 0.265 e. The van der Waals surface area contributed by atoms with Crippen LogP contribution < -0.4 is 0 Å². The molecule has 0 spiro atoms. The number of alkyl halides is 4. The summed E-state index contributed by atoms with van der Waals surface area (Å²) < 4.78 is 58.2. The number of likely N-dealkylation sites (tertiary alicyclic amines) is 1. The SMILES string of the molecule is CC1C(=O)N(C)Cc2c(-c3cccc4nc(-c5cnn(C)c5)c(C(F)F)cc34)nc(C3CCN(CC(F)F)CC3)n21. The minimum absolute atomic E-state index is 0.0167. The predicted molar refractivity (Wildman–Crippen MR) is 146 cm³/mol. The van der Waals surface area contributed by atoms with Gasteiger partial charge in [-0.2, -0.15) is 5.10 Å². The molecule has 2 aliphatic rings. The van der Waals surface area contributed by atoms with Crippen LogP contribution in [0.2, 0.25) is 0 Å². The van der Waals surface area contributed by atoms with Crippen LogP contribution in [0.25, 0.3) is 33.4 Å². The van der Waals surface area contributed by atoms with Crippen molar-refractivity contribution < 1.29 is 22.4 Å². The summed E-state index contributed by atoms with van der Waals surface area (Å²) in [4.78, 5) is 26.2. The zero-order chi connectivity index (χ0) is 29.0. The highest BCUT2D eigenvalue weighted by Crippen LogP contribution is 2.41. The van der Waals surface area contributed by atoms with E-state index in [2.05, 4.69) is 10.1 Å². The van der Waals surface area contributed by atoms with Crippen LogP contribution in [0.3, 0.4) is 0 Å². The molecule has 216 valence electrons. The van der Waals surface area contributed by atoms with Crippen LogP contribution in [0.15, 0.2) is 36.7 Å². The lowest BCUT2D eigenvalue weighted by atomic mass is 9.95. The van der Waals surface area contributed by atoms with Gasteiger partial charge in [0.15, 0.2) is 0 Å². The van der Waals surface area contributed by atoms with Gasteiger partial charge < -0.3 is 9.47 Å². The van der Waals surface area contributed by atoms with E-state index in [9.17, 15) is 22.4 Å². The Kier molecular flexibility index (Phi) is 7.04. The third kappa shape index (κ3) is 4.87. The van der Waals surface area contributed by atoms with Crippen LogP contribution in [0, 0.1) is 0 Å². The number of rotatable bonds is 6. The molecule has 41 heavy (non-hydrogen) atoms. The topological polar surface area (TPSA) is 72.1 Å². The van der Waals surface area contributed by atoms with Crippen molar-refractivity contribution in [3.8, 4) is 22.5 Å². The summed E-state index contributed by atoms with van der Waals surface area (Å²) in [6.45, 7) is 2.93. The second kappa shape index (κ2) is 10.6. The quantitative estimate of drug-likeness (QED) is 0.290. The molecule has 1 unspecified atom stereocenters. The number of amides is 1. The first-order chi connectivity index (χ1) is 19.6. The molecule has 1 aromatic carbocycles. The van der Waals surface area contributed by atoms with Gasteiger partial charge in [0, 0.05) is 48.3 Å². The number of fused-ring (bicyclic) bond motifs is 2. The van der Waals surface area contributed by atoms with Crippen molar-refractivity contribution in [3.63, 3.8) is 0 Å². The van der Waals surface area contributed by atoms with Gasteiger partial charge >= 0.3 is 0 Å². The summed E-state index contributed by atoms with van der Waals surface area (Å²) >= 11 is 0. The Labute approximate surface area is 234 Å². The number of benzene rings is 1. The van der Waals surface area contributed by atoms with E-state index in [1.807, 2.05) is 23.6 Å². The number of hydrogen-bond acceptors (Lipinski definition) is 5. The maximum atomic E-state index is 14.4. The number of aromatic nitrogens is 5. The maximum absolute atomic E-state index is 14.4. The molecule has 8 nitrogen and oxygen atoms in total. The smallest absolute Gasteiger partial charge is 0.265 e. The normalized spacial score (nSPS) is 18.7. The van der Waals surface area contributed by atoms with E-state index >= 15 is 0 Å². The van der Waals surface area contributed by atoms with Gasteiger partial charge in [-0.25, -0.2) is 27.5 Å². The predicted octanol–water partition coefficient (Wildman–Crippen LogP) is 5.41. The van der Waals surface area contributed by atoms with E-state index in [4.69, 9.17) is 4.98 Å². The molecule has 12 heteroatoms. The van der Waals surface area contributed by atoms with Crippen LogP contribution >= 0.6 is 0 Å². The Morgan fingerprint density at radius 1 is 1.05 bits per heavy atom. The van der Waals surface area contributed by atoms with Crippen molar-refractivity contribution in [2.45, 2.75) is 51.1 Å². The van der Waals surface area contributed by atoms with Gasteiger partial charge in [0.1, 0.15) is 11.9 Å². The number of nitrogens with zero attached hydrogens (tertiary/aromatic N) is 7. The monoisotopic (exact) mass is 569 g/mol. The Bertz CT molecular complexity index is 1610. The number of imidazole rings is 1. The fourth-order valence-corrected chi connectivity index (χ4v) is 6.23. The van der Waals surface area contributed by atoms with Crippen LogP contribution in [-0.2, 0) is 18.4 Å². The molecule has 1 fully saturated rings. The lowest BCUT2D eigenvalue weighted by Gasteiger charge is -2.35. The number of carbonyl (C=O) groups is 1. The number of hydrogen-bond donors (Lipinski definition) is 0. The second-order valence-electron chi connectivity index (χ2n) is 11.0. The molecule has 5 heterocycles. The number of piperidine rings is 1. The van der Waals surface area contributed by atoms with E-state index in [1.165, 1.54) is 12.3 Å². The number of halogens is 4. The minimum Gasteiger partial charge on any atom is -0.338 e. The fraction of sp³-hybridized carbons (Fsp3) is 0.448. The highest BCUT2D eigenvalue weighted by molar-refractivity contribution is 5.96. The second-order valence-corrected chi connectivity index (χ2v) is 11.0.